The van der Waals surface area contributed by atoms with Gasteiger partial charge in [-0.25, -0.2) is 13.2 Å². The number of carbonyl (C=O) groups excluding carboxylic acids is 1. The maximum absolute atomic E-state index is 13.9. The number of ether oxygens (including phenoxy) is 2. The summed E-state index contributed by atoms with van der Waals surface area (Å²) in [5, 5.41) is 9.44. The molecule has 0 aromatic heterocycles. The maximum Gasteiger partial charge on any atom is 1.00 e. The second kappa shape index (κ2) is 15.7. The Morgan fingerprint density at radius 3 is 2.11 bits per heavy atom. The summed E-state index contributed by atoms with van der Waals surface area (Å²) in [6.45, 7) is 12.5. The fourth-order valence-electron chi connectivity index (χ4n) is 2.46. The van der Waals surface area contributed by atoms with Crippen molar-refractivity contribution >= 4 is 38.8 Å². The van der Waals surface area contributed by atoms with Gasteiger partial charge in [-0.3, -0.25) is 0 Å². The minimum Gasteiger partial charge on any atom is -0.524 e. The summed E-state index contributed by atoms with van der Waals surface area (Å²) in [7, 11) is -5.05. The van der Waals surface area contributed by atoms with E-state index in [2.05, 4.69) is 36.1 Å². The first-order chi connectivity index (χ1) is 16.5. The molecule has 0 heterocycles. The fraction of sp³-hybridized carbons (Fsp3) is 0.261. The first-order valence-electron chi connectivity index (χ1n) is 10.1. The molecule has 2 aromatic carbocycles. The van der Waals surface area contributed by atoms with Gasteiger partial charge in [-0.2, -0.15) is 14.0 Å². The Kier molecular flexibility index (Phi) is 14.7. The second-order valence-electron chi connectivity index (χ2n) is 6.50. The molecule has 192 valence electrons. The van der Waals surface area contributed by atoms with Gasteiger partial charge in [0.1, 0.15) is 11.8 Å². The number of benzene rings is 2. The van der Waals surface area contributed by atoms with Crippen molar-refractivity contribution in [3.63, 3.8) is 0 Å². The van der Waals surface area contributed by atoms with Crippen LogP contribution in [0.15, 0.2) is 41.3 Å². The molecule has 0 fully saturated rings. The summed E-state index contributed by atoms with van der Waals surface area (Å²) in [6, 6.07) is 8.65. The Bertz CT molecular complexity index is 1160. The number of anilines is 2. The van der Waals surface area contributed by atoms with Crippen LogP contribution in [0.1, 0.15) is 18.9 Å². The van der Waals surface area contributed by atoms with Crippen molar-refractivity contribution in [2.24, 2.45) is 0 Å². The van der Waals surface area contributed by atoms with Gasteiger partial charge < -0.3 is 40.9 Å². The van der Waals surface area contributed by atoms with Crippen LogP contribution in [0.3, 0.4) is 0 Å². The molecule has 0 saturated carbocycles. The summed E-state index contributed by atoms with van der Waals surface area (Å²) >= 11 is 5.80. The number of sulfone groups is 1. The fourth-order valence-corrected chi connectivity index (χ4v) is 4.19. The van der Waals surface area contributed by atoms with Crippen molar-refractivity contribution < 1.29 is 50.3 Å². The molecule has 2 amide bonds. The minimum absolute atomic E-state index is 0. The van der Waals surface area contributed by atoms with E-state index in [1.807, 2.05) is 6.07 Å². The van der Waals surface area contributed by atoms with Crippen LogP contribution < -0.4 is 34.2 Å². The summed E-state index contributed by atoms with van der Waals surface area (Å²) in [5.74, 6) is 0.215. The standard InChI is InChI=1S/C19H17ClF2N3O4S.C4H8O.Li/c1-3-19(21,22)30(27,28)17-10-14(7-8-15(17)20)25-18(26)24-13-6-5-12(11-23)16(9-13)29-4-2;1-3-5-4-2;/h5-10H,2-4H2,1H3,(H2,24,25,26);1-4H2;/q-1;-2;+1. The van der Waals surface area contributed by atoms with Gasteiger partial charge in [0.25, 0.3) is 0 Å². The number of alkyl halides is 2. The van der Waals surface area contributed by atoms with Crippen LogP contribution in [0.5, 0.6) is 5.75 Å². The zero-order valence-corrected chi connectivity index (χ0v) is 21.5. The zero-order chi connectivity index (χ0) is 26.6. The summed E-state index contributed by atoms with van der Waals surface area (Å²) in [6.07, 6.45) is -0.930. The van der Waals surface area contributed by atoms with Crippen molar-refractivity contribution in [1.29, 1.82) is 5.26 Å². The van der Waals surface area contributed by atoms with Gasteiger partial charge in [0, 0.05) is 23.9 Å². The quantitative estimate of drug-likeness (QED) is 0.376. The van der Waals surface area contributed by atoms with Crippen LogP contribution in [-0.4, -0.2) is 39.5 Å². The minimum atomic E-state index is -5.05. The predicted octanol–water partition coefficient (Wildman–Crippen LogP) is 2.52. The summed E-state index contributed by atoms with van der Waals surface area (Å²) < 4.78 is 61.9. The number of nitrogens with one attached hydrogen (secondary N) is 2. The van der Waals surface area contributed by atoms with Crippen molar-refractivity contribution in [3.05, 3.63) is 67.8 Å². The molecule has 0 aliphatic rings. The van der Waals surface area contributed by atoms with Gasteiger partial charge in [-0.15, -0.1) is 0 Å². The Hall–Kier alpha value is -2.34. The molecule has 0 aliphatic heterocycles. The van der Waals surface area contributed by atoms with Gasteiger partial charge in [0.15, 0.2) is 0 Å². The Morgan fingerprint density at radius 1 is 1.08 bits per heavy atom. The Morgan fingerprint density at radius 2 is 1.64 bits per heavy atom. The number of amides is 2. The number of hydrogen-bond donors (Lipinski definition) is 2. The van der Waals surface area contributed by atoms with E-state index in [9.17, 15) is 22.0 Å². The molecular formula is C23H25ClF2LiN3O5S-2. The third-order valence-electron chi connectivity index (χ3n) is 4.19. The van der Waals surface area contributed by atoms with Crippen LogP contribution in [0, 0.1) is 32.1 Å². The maximum atomic E-state index is 13.9. The molecule has 2 rings (SSSR count). The van der Waals surface area contributed by atoms with E-state index in [1.165, 1.54) is 24.3 Å². The Balaban J connectivity index is 0.00000185. The SMILES string of the molecule is [CH2-]COC[CH2-].[CH2-]COc1cc(NC(=O)Nc2ccc(Cl)c(S(=O)(=O)C(F)(F)CC)c2)ccc1C#N.[Li+]. The van der Waals surface area contributed by atoms with E-state index in [4.69, 9.17) is 21.6 Å². The molecule has 36 heavy (non-hydrogen) atoms. The summed E-state index contributed by atoms with van der Waals surface area (Å²) in [5.41, 5.74) is 0.452. The van der Waals surface area contributed by atoms with E-state index in [-0.39, 0.29) is 48.2 Å². The number of urea groups is 1. The average molecular weight is 536 g/mol. The summed E-state index contributed by atoms with van der Waals surface area (Å²) in [4.78, 5) is 11.4. The molecule has 2 aromatic rings. The van der Waals surface area contributed by atoms with E-state index in [0.717, 1.165) is 19.1 Å². The molecular weight excluding hydrogens is 511 g/mol. The third kappa shape index (κ3) is 9.27. The van der Waals surface area contributed by atoms with Crippen LogP contribution in [0.4, 0.5) is 25.0 Å². The molecule has 2 N–H and O–H groups in total. The molecule has 0 spiro atoms. The number of halogens is 3. The number of hydrogen-bond acceptors (Lipinski definition) is 6. The van der Waals surface area contributed by atoms with Gasteiger partial charge in [0.05, 0.1) is 15.5 Å². The number of nitriles is 1. The largest absolute Gasteiger partial charge is 1.00 e. The predicted molar refractivity (Wildman–Crippen MR) is 130 cm³/mol. The van der Waals surface area contributed by atoms with Crippen molar-refractivity contribution in [1.82, 2.24) is 0 Å². The average Bonchev–Trinajstić information content (AvgIpc) is 2.81. The monoisotopic (exact) mass is 535 g/mol. The number of nitrogens with zero attached hydrogens (tertiary/aromatic N) is 1. The van der Waals surface area contributed by atoms with Crippen LogP contribution in [-0.2, 0) is 14.6 Å². The molecule has 0 saturated heterocycles. The van der Waals surface area contributed by atoms with E-state index < -0.39 is 37.5 Å². The first kappa shape index (κ1) is 33.7. The van der Waals surface area contributed by atoms with E-state index in [0.29, 0.717) is 13.2 Å². The number of rotatable bonds is 9. The van der Waals surface area contributed by atoms with Gasteiger partial charge >= 0.3 is 30.1 Å². The third-order valence-corrected chi connectivity index (χ3v) is 6.62. The van der Waals surface area contributed by atoms with Crippen molar-refractivity contribution in [2.75, 3.05) is 30.5 Å². The van der Waals surface area contributed by atoms with E-state index in [1.54, 1.807) is 0 Å². The molecule has 0 unspecified atom stereocenters. The Labute approximate surface area is 227 Å². The normalized spacial score (nSPS) is 10.7. The first-order valence-corrected chi connectivity index (χ1v) is 12.0. The number of carbonyl (C=O) groups is 1. The van der Waals surface area contributed by atoms with Gasteiger partial charge in [-0.05, 0) is 36.9 Å². The second-order valence-corrected chi connectivity index (χ2v) is 8.95. The van der Waals surface area contributed by atoms with Crippen LogP contribution in [0.2, 0.25) is 5.02 Å². The van der Waals surface area contributed by atoms with Gasteiger partial charge in [-0.1, -0.05) is 31.7 Å². The topological polar surface area (TPSA) is 118 Å². The van der Waals surface area contributed by atoms with E-state index >= 15 is 0 Å². The molecule has 0 atom stereocenters. The molecule has 0 radical (unpaired) electrons. The molecule has 13 heteroatoms. The zero-order valence-electron chi connectivity index (χ0n) is 19.9. The van der Waals surface area contributed by atoms with Crippen LogP contribution in [0.25, 0.3) is 0 Å². The molecule has 8 nitrogen and oxygen atoms in total. The van der Waals surface area contributed by atoms with Crippen LogP contribution >= 0.6 is 11.6 Å². The van der Waals surface area contributed by atoms with Crippen molar-refractivity contribution in [3.8, 4) is 11.8 Å². The molecule has 0 aliphatic carbocycles. The molecule has 0 bridgehead atoms. The smallest absolute Gasteiger partial charge is 0.524 e. The van der Waals surface area contributed by atoms with Gasteiger partial charge in [0.2, 0.25) is 9.84 Å². The van der Waals surface area contributed by atoms with Crippen molar-refractivity contribution in [2.45, 2.75) is 23.5 Å².